The molecule has 2 aromatic heterocycles. The van der Waals surface area contributed by atoms with E-state index in [4.69, 9.17) is 14.7 Å². The Morgan fingerprint density at radius 2 is 1.67 bits per heavy atom. The molecule has 0 amide bonds. The highest BCUT2D eigenvalue weighted by molar-refractivity contribution is 5.48. The van der Waals surface area contributed by atoms with E-state index in [0.717, 1.165) is 87.6 Å². The predicted molar refractivity (Wildman–Crippen MR) is 118 cm³/mol. The van der Waals surface area contributed by atoms with Crippen molar-refractivity contribution in [3.05, 3.63) is 35.0 Å². The summed E-state index contributed by atoms with van der Waals surface area (Å²) in [4.78, 5) is 25.5. The predicted octanol–water partition coefficient (Wildman–Crippen LogP) is 2.17. The maximum Gasteiger partial charge on any atom is 0.224 e. The first-order valence-corrected chi connectivity index (χ1v) is 10.9. The average molecular weight is 412 g/mol. The highest BCUT2D eigenvalue weighted by Gasteiger charge is 2.25. The van der Waals surface area contributed by atoms with E-state index in [2.05, 4.69) is 33.6 Å². The fourth-order valence-electron chi connectivity index (χ4n) is 4.17. The summed E-state index contributed by atoms with van der Waals surface area (Å²) in [6, 6.07) is 0. The molecule has 0 aliphatic carbocycles. The van der Waals surface area contributed by atoms with Gasteiger partial charge in [0.1, 0.15) is 11.6 Å². The summed E-state index contributed by atoms with van der Waals surface area (Å²) in [5.74, 6) is 3.28. The summed E-state index contributed by atoms with van der Waals surface area (Å²) in [5.41, 5.74) is 3.46. The zero-order valence-corrected chi connectivity index (χ0v) is 18.6. The van der Waals surface area contributed by atoms with Crippen LogP contribution in [0.4, 0.5) is 11.8 Å². The van der Waals surface area contributed by atoms with E-state index in [1.807, 2.05) is 31.4 Å². The third kappa shape index (κ3) is 4.70. The fourth-order valence-corrected chi connectivity index (χ4v) is 4.17. The summed E-state index contributed by atoms with van der Waals surface area (Å²) in [6.45, 7) is 10.6. The smallest absolute Gasteiger partial charge is 0.224 e. The maximum absolute atomic E-state index is 5.51. The molecule has 0 radical (unpaired) electrons. The quantitative estimate of drug-likeness (QED) is 0.741. The molecule has 2 saturated heterocycles. The molecule has 162 valence electrons. The fraction of sp³-hybridized carbons (Fsp3) is 0.636. The monoisotopic (exact) mass is 411 g/mol. The molecule has 0 spiro atoms. The molecule has 0 unspecified atom stereocenters. The van der Waals surface area contributed by atoms with Gasteiger partial charge in [0.25, 0.3) is 0 Å². The Labute approximate surface area is 179 Å². The van der Waals surface area contributed by atoms with Crippen LogP contribution in [0.1, 0.15) is 41.4 Å². The molecule has 8 nitrogen and oxygen atoms in total. The van der Waals surface area contributed by atoms with Crippen molar-refractivity contribution < 1.29 is 4.74 Å². The minimum atomic E-state index is 0.424. The molecule has 0 aromatic carbocycles. The number of piperidine rings is 1. The molecule has 4 heterocycles. The Morgan fingerprint density at radius 1 is 1.00 bits per heavy atom. The van der Waals surface area contributed by atoms with Crippen molar-refractivity contribution in [1.29, 1.82) is 0 Å². The topological polar surface area (TPSA) is 70.5 Å². The molecule has 0 bridgehead atoms. The van der Waals surface area contributed by atoms with Gasteiger partial charge in [0, 0.05) is 68.9 Å². The van der Waals surface area contributed by atoms with E-state index in [1.54, 1.807) is 0 Å². The van der Waals surface area contributed by atoms with Crippen LogP contribution in [0.5, 0.6) is 0 Å². The number of anilines is 2. The van der Waals surface area contributed by atoms with Gasteiger partial charge in [-0.05, 0) is 39.8 Å². The van der Waals surface area contributed by atoms with Crippen LogP contribution >= 0.6 is 0 Å². The van der Waals surface area contributed by atoms with Gasteiger partial charge in [0.2, 0.25) is 5.95 Å². The Hall–Kier alpha value is -2.32. The molecule has 0 N–H and O–H groups in total. The standard InChI is InChI=1S/C22H33N7O/c1-16-17(2)25-20(26-21(16)29-9-11-30-12-10-29)19-5-7-28(8-6-19)15-18-13-23-22(24-14-18)27(3)4/h13-14,19H,5-12,15H2,1-4H3. The lowest BCUT2D eigenvalue weighted by atomic mass is 9.95. The number of likely N-dealkylation sites (tertiary alicyclic amines) is 1. The van der Waals surface area contributed by atoms with Gasteiger partial charge in [0.15, 0.2) is 0 Å². The third-order valence-corrected chi connectivity index (χ3v) is 6.14. The van der Waals surface area contributed by atoms with E-state index in [1.165, 1.54) is 5.56 Å². The zero-order valence-electron chi connectivity index (χ0n) is 18.6. The number of rotatable bonds is 5. The molecule has 8 heteroatoms. The second kappa shape index (κ2) is 9.22. The summed E-state index contributed by atoms with van der Waals surface area (Å²) in [6.07, 6.45) is 6.05. The highest BCUT2D eigenvalue weighted by atomic mass is 16.5. The van der Waals surface area contributed by atoms with Gasteiger partial charge in [0.05, 0.1) is 13.2 Å². The Morgan fingerprint density at radius 3 is 2.30 bits per heavy atom. The molecule has 0 atom stereocenters. The number of ether oxygens (including phenoxy) is 1. The first-order valence-electron chi connectivity index (χ1n) is 10.9. The minimum Gasteiger partial charge on any atom is -0.378 e. The normalized spacial score (nSPS) is 18.6. The zero-order chi connectivity index (χ0) is 21.1. The van der Waals surface area contributed by atoms with Gasteiger partial charge >= 0.3 is 0 Å². The second-order valence-corrected chi connectivity index (χ2v) is 8.55. The van der Waals surface area contributed by atoms with Crippen molar-refractivity contribution in [3.63, 3.8) is 0 Å². The lowest BCUT2D eigenvalue weighted by Gasteiger charge is -2.33. The summed E-state index contributed by atoms with van der Waals surface area (Å²) in [5, 5.41) is 0. The molecular weight excluding hydrogens is 378 g/mol. The number of aromatic nitrogens is 4. The molecule has 30 heavy (non-hydrogen) atoms. The summed E-state index contributed by atoms with van der Waals surface area (Å²) < 4.78 is 5.51. The average Bonchev–Trinajstić information content (AvgIpc) is 2.77. The summed E-state index contributed by atoms with van der Waals surface area (Å²) in [7, 11) is 3.91. The van der Waals surface area contributed by atoms with Gasteiger partial charge in [-0.2, -0.15) is 0 Å². The lowest BCUT2D eigenvalue weighted by Crippen LogP contribution is -2.38. The van der Waals surface area contributed by atoms with Crippen LogP contribution < -0.4 is 9.80 Å². The lowest BCUT2D eigenvalue weighted by molar-refractivity contribution is 0.122. The van der Waals surface area contributed by atoms with Gasteiger partial charge in [-0.1, -0.05) is 0 Å². The molecule has 2 aliphatic heterocycles. The van der Waals surface area contributed by atoms with Crippen LogP contribution in [0.25, 0.3) is 0 Å². The second-order valence-electron chi connectivity index (χ2n) is 8.55. The van der Waals surface area contributed by atoms with Crippen LogP contribution in [0, 0.1) is 13.8 Å². The first kappa shape index (κ1) is 20.9. The molecule has 2 aliphatic rings. The number of aryl methyl sites for hydroxylation is 1. The number of hydrogen-bond acceptors (Lipinski definition) is 8. The van der Waals surface area contributed by atoms with Crippen molar-refractivity contribution in [2.45, 2.75) is 39.2 Å². The number of morpholine rings is 1. The Kier molecular flexibility index (Phi) is 6.43. The van der Waals surface area contributed by atoms with Gasteiger partial charge in [-0.15, -0.1) is 0 Å². The highest BCUT2D eigenvalue weighted by Crippen LogP contribution is 2.30. The van der Waals surface area contributed by atoms with E-state index in [-0.39, 0.29) is 0 Å². The van der Waals surface area contributed by atoms with E-state index in [9.17, 15) is 0 Å². The summed E-state index contributed by atoms with van der Waals surface area (Å²) >= 11 is 0. The maximum atomic E-state index is 5.51. The Bertz CT molecular complexity index is 841. The molecule has 2 aromatic rings. The van der Waals surface area contributed by atoms with E-state index >= 15 is 0 Å². The third-order valence-electron chi connectivity index (χ3n) is 6.14. The van der Waals surface area contributed by atoms with Gasteiger partial charge in [-0.25, -0.2) is 19.9 Å². The largest absolute Gasteiger partial charge is 0.378 e. The SMILES string of the molecule is Cc1nc(C2CCN(Cc3cnc(N(C)C)nc3)CC2)nc(N2CCOCC2)c1C. The van der Waals surface area contributed by atoms with Crippen LogP contribution in [0.2, 0.25) is 0 Å². The Balaban J connectivity index is 1.39. The van der Waals surface area contributed by atoms with Crippen molar-refractivity contribution in [2.75, 3.05) is 63.3 Å². The first-order chi connectivity index (χ1) is 14.5. The van der Waals surface area contributed by atoms with Gasteiger partial charge in [-0.3, -0.25) is 4.90 Å². The molecule has 4 rings (SSSR count). The van der Waals surface area contributed by atoms with Crippen LogP contribution in [0.15, 0.2) is 12.4 Å². The van der Waals surface area contributed by atoms with Crippen LogP contribution in [-0.2, 0) is 11.3 Å². The van der Waals surface area contributed by atoms with Crippen molar-refractivity contribution in [2.24, 2.45) is 0 Å². The molecule has 0 saturated carbocycles. The van der Waals surface area contributed by atoms with Crippen LogP contribution in [0.3, 0.4) is 0 Å². The van der Waals surface area contributed by atoms with Crippen molar-refractivity contribution >= 4 is 11.8 Å². The van der Waals surface area contributed by atoms with E-state index in [0.29, 0.717) is 5.92 Å². The number of nitrogens with zero attached hydrogens (tertiary/aromatic N) is 7. The van der Waals surface area contributed by atoms with E-state index < -0.39 is 0 Å². The molecule has 2 fully saturated rings. The van der Waals surface area contributed by atoms with Crippen molar-refractivity contribution in [1.82, 2.24) is 24.8 Å². The van der Waals surface area contributed by atoms with Crippen molar-refractivity contribution in [3.8, 4) is 0 Å². The van der Waals surface area contributed by atoms with Crippen LogP contribution in [-0.4, -0.2) is 78.3 Å². The number of hydrogen-bond donors (Lipinski definition) is 0. The minimum absolute atomic E-state index is 0.424. The molecular formula is C22H33N7O. The van der Waals surface area contributed by atoms with Gasteiger partial charge < -0.3 is 14.5 Å².